The number of nitrogens with one attached hydrogen (secondary N) is 1. The van der Waals surface area contributed by atoms with E-state index < -0.39 is 0 Å². The van der Waals surface area contributed by atoms with E-state index in [9.17, 15) is 0 Å². The van der Waals surface area contributed by atoms with Crippen molar-refractivity contribution in [2.24, 2.45) is 5.92 Å². The molecule has 2 fully saturated rings. The monoisotopic (exact) mass is 182 g/mol. The molecule has 2 heteroatoms. The SMILES string of the molecule is CNC(C)CN(CC1CC1)C1CC1. The third-order valence-corrected chi connectivity index (χ3v) is 3.25. The van der Waals surface area contributed by atoms with Crippen LogP contribution in [0.5, 0.6) is 0 Å². The molecule has 0 bridgehead atoms. The van der Waals surface area contributed by atoms with Gasteiger partial charge in [-0.15, -0.1) is 0 Å². The van der Waals surface area contributed by atoms with Gasteiger partial charge in [0.05, 0.1) is 0 Å². The largest absolute Gasteiger partial charge is 0.316 e. The first-order valence-corrected chi connectivity index (χ1v) is 5.71. The first-order valence-electron chi connectivity index (χ1n) is 5.71. The molecular formula is C11H22N2. The van der Waals surface area contributed by atoms with Crippen LogP contribution in [0.2, 0.25) is 0 Å². The lowest BCUT2D eigenvalue weighted by atomic mass is 10.2. The summed E-state index contributed by atoms with van der Waals surface area (Å²) in [5.41, 5.74) is 0. The van der Waals surface area contributed by atoms with Gasteiger partial charge in [0.2, 0.25) is 0 Å². The van der Waals surface area contributed by atoms with Crippen LogP contribution in [0.1, 0.15) is 32.6 Å². The van der Waals surface area contributed by atoms with Crippen molar-refractivity contribution in [2.75, 3.05) is 20.1 Å². The third-order valence-electron chi connectivity index (χ3n) is 3.25. The van der Waals surface area contributed by atoms with E-state index in [4.69, 9.17) is 0 Å². The fourth-order valence-electron chi connectivity index (χ4n) is 1.89. The maximum atomic E-state index is 3.33. The average molecular weight is 182 g/mol. The molecule has 1 unspecified atom stereocenters. The van der Waals surface area contributed by atoms with Gasteiger partial charge >= 0.3 is 0 Å². The molecule has 1 N–H and O–H groups in total. The van der Waals surface area contributed by atoms with Gasteiger partial charge in [-0.3, -0.25) is 4.90 Å². The van der Waals surface area contributed by atoms with Crippen molar-refractivity contribution in [2.45, 2.75) is 44.7 Å². The molecule has 2 aliphatic rings. The molecule has 76 valence electrons. The molecular weight excluding hydrogens is 160 g/mol. The Labute approximate surface area is 81.7 Å². The predicted molar refractivity (Wildman–Crippen MR) is 55.8 cm³/mol. The molecule has 0 saturated heterocycles. The third kappa shape index (κ3) is 2.96. The lowest BCUT2D eigenvalue weighted by Gasteiger charge is -2.25. The van der Waals surface area contributed by atoms with Crippen LogP contribution < -0.4 is 5.32 Å². The molecule has 0 aromatic heterocycles. The van der Waals surface area contributed by atoms with E-state index in [1.807, 2.05) is 0 Å². The van der Waals surface area contributed by atoms with E-state index in [1.165, 1.54) is 38.8 Å². The summed E-state index contributed by atoms with van der Waals surface area (Å²) in [5, 5.41) is 3.33. The second kappa shape index (κ2) is 3.97. The van der Waals surface area contributed by atoms with Gasteiger partial charge < -0.3 is 5.32 Å². The summed E-state index contributed by atoms with van der Waals surface area (Å²) in [6.45, 7) is 4.90. The van der Waals surface area contributed by atoms with Crippen molar-refractivity contribution in [3.8, 4) is 0 Å². The van der Waals surface area contributed by atoms with Gasteiger partial charge in [-0.2, -0.15) is 0 Å². The summed E-state index contributed by atoms with van der Waals surface area (Å²) in [6, 6.07) is 1.59. The summed E-state index contributed by atoms with van der Waals surface area (Å²) in [7, 11) is 2.06. The Bertz CT molecular complexity index is 161. The molecule has 0 amide bonds. The van der Waals surface area contributed by atoms with Crippen molar-refractivity contribution in [3.63, 3.8) is 0 Å². The van der Waals surface area contributed by atoms with E-state index in [0.717, 1.165) is 12.0 Å². The Kier molecular flexibility index (Phi) is 2.89. The molecule has 2 rings (SSSR count). The van der Waals surface area contributed by atoms with Crippen LogP contribution >= 0.6 is 0 Å². The quantitative estimate of drug-likeness (QED) is 0.669. The van der Waals surface area contributed by atoms with Crippen LogP contribution in [-0.2, 0) is 0 Å². The van der Waals surface area contributed by atoms with Gasteiger partial charge in [-0.25, -0.2) is 0 Å². The van der Waals surface area contributed by atoms with E-state index in [1.54, 1.807) is 0 Å². The Hall–Kier alpha value is -0.0800. The summed E-state index contributed by atoms with van der Waals surface area (Å²) >= 11 is 0. The number of nitrogens with zero attached hydrogens (tertiary/aromatic N) is 1. The molecule has 0 aliphatic heterocycles. The molecule has 2 nitrogen and oxygen atoms in total. The second-order valence-corrected chi connectivity index (χ2v) is 4.82. The Morgan fingerprint density at radius 1 is 1.31 bits per heavy atom. The lowest BCUT2D eigenvalue weighted by Crippen LogP contribution is -2.39. The maximum absolute atomic E-state index is 3.33. The molecule has 0 radical (unpaired) electrons. The molecule has 2 aliphatic carbocycles. The van der Waals surface area contributed by atoms with E-state index in [2.05, 4.69) is 24.2 Å². The van der Waals surface area contributed by atoms with E-state index in [0.29, 0.717) is 6.04 Å². The highest BCUT2D eigenvalue weighted by Crippen LogP contribution is 2.34. The molecule has 0 aromatic carbocycles. The summed E-state index contributed by atoms with van der Waals surface area (Å²) in [5.74, 6) is 1.05. The van der Waals surface area contributed by atoms with Crippen LogP contribution in [0.25, 0.3) is 0 Å². The van der Waals surface area contributed by atoms with E-state index in [-0.39, 0.29) is 0 Å². The van der Waals surface area contributed by atoms with Gasteiger partial charge in [0, 0.05) is 25.2 Å². The predicted octanol–water partition coefficient (Wildman–Crippen LogP) is 1.47. The molecule has 1 atom stereocenters. The normalized spacial score (nSPS) is 25.2. The highest BCUT2D eigenvalue weighted by atomic mass is 15.2. The fourth-order valence-corrected chi connectivity index (χ4v) is 1.89. The number of likely N-dealkylation sites (N-methyl/N-ethyl adjacent to an activating group) is 1. The maximum Gasteiger partial charge on any atom is 0.0163 e. The number of rotatable bonds is 6. The topological polar surface area (TPSA) is 15.3 Å². The van der Waals surface area contributed by atoms with Gasteiger partial charge in [0.1, 0.15) is 0 Å². The van der Waals surface area contributed by atoms with Crippen molar-refractivity contribution < 1.29 is 0 Å². The zero-order valence-corrected chi connectivity index (χ0v) is 8.92. The zero-order chi connectivity index (χ0) is 9.26. The molecule has 13 heavy (non-hydrogen) atoms. The van der Waals surface area contributed by atoms with Gasteiger partial charge in [0.25, 0.3) is 0 Å². The molecule has 0 heterocycles. The second-order valence-electron chi connectivity index (χ2n) is 4.82. The minimum absolute atomic E-state index is 0.652. The van der Waals surface area contributed by atoms with Gasteiger partial charge in [-0.05, 0) is 45.6 Å². The van der Waals surface area contributed by atoms with Gasteiger partial charge in [0.15, 0.2) is 0 Å². The van der Waals surface area contributed by atoms with Crippen LogP contribution in [0.3, 0.4) is 0 Å². The fraction of sp³-hybridized carbons (Fsp3) is 1.00. The Morgan fingerprint density at radius 2 is 2.00 bits per heavy atom. The molecule has 2 saturated carbocycles. The molecule has 0 aromatic rings. The van der Waals surface area contributed by atoms with Crippen LogP contribution in [0.15, 0.2) is 0 Å². The van der Waals surface area contributed by atoms with Crippen LogP contribution in [0.4, 0.5) is 0 Å². The van der Waals surface area contributed by atoms with Crippen molar-refractivity contribution in [3.05, 3.63) is 0 Å². The Balaban J connectivity index is 1.74. The molecule has 0 spiro atoms. The standard InChI is InChI=1S/C11H22N2/c1-9(12-2)7-13(11-5-6-11)8-10-3-4-10/h9-12H,3-8H2,1-2H3. The van der Waals surface area contributed by atoms with Crippen LogP contribution in [0, 0.1) is 5.92 Å². The minimum Gasteiger partial charge on any atom is -0.316 e. The number of hydrogen-bond donors (Lipinski definition) is 1. The summed E-state index contributed by atoms with van der Waals surface area (Å²) < 4.78 is 0. The first-order chi connectivity index (χ1) is 6.29. The highest BCUT2D eigenvalue weighted by Gasteiger charge is 2.33. The minimum atomic E-state index is 0.652. The first kappa shape index (κ1) is 9.47. The lowest BCUT2D eigenvalue weighted by molar-refractivity contribution is 0.232. The Morgan fingerprint density at radius 3 is 2.46 bits per heavy atom. The van der Waals surface area contributed by atoms with Crippen LogP contribution in [-0.4, -0.2) is 37.1 Å². The summed E-state index contributed by atoms with van der Waals surface area (Å²) in [4.78, 5) is 2.71. The smallest absolute Gasteiger partial charge is 0.0163 e. The van der Waals surface area contributed by atoms with Gasteiger partial charge in [-0.1, -0.05) is 0 Å². The van der Waals surface area contributed by atoms with Crippen molar-refractivity contribution in [1.82, 2.24) is 10.2 Å². The van der Waals surface area contributed by atoms with E-state index >= 15 is 0 Å². The summed E-state index contributed by atoms with van der Waals surface area (Å²) in [6.07, 6.45) is 5.86. The zero-order valence-electron chi connectivity index (χ0n) is 8.92. The highest BCUT2D eigenvalue weighted by molar-refractivity contribution is 4.89. The van der Waals surface area contributed by atoms with Crippen molar-refractivity contribution in [1.29, 1.82) is 0 Å². The number of hydrogen-bond acceptors (Lipinski definition) is 2. The average Bonchev–Trinajstić information content (AvgIpc) is 2.96. The van der Waals surface area contributed by atoms with Crippen molar-refractivity contribution >= 4 is 0 Å².